The Hall–Kier alpha value is -1.32. The number of hydrogen-bond acceptors (Lipinski definition) is 1. The molecule has 1 aliphatic rings. The van der Waals surface area contributed by atoms with E-state index in [2.05, 4.69) is 0 Å². The van der Waals surface area contributed by atoms with Gasteiger partial charge in [0.2, 0.25) is 0 Å². The van der Waals surface area contributed by atoms with Gasteiger partial charge >= 0.3 is 6.18 Å². The maximum Gasteiger partial charge on any atom is 0.416 e. The van der Waals surface area contributed by atoms with Gasteiger partial charge in [-0.25, -0.2) is 0 Å². The molecule has 1 fully saturated rings. The van der Waals surface area contributed by atoms with E-state index in [1.54, 1.807) is 0 Å². The van der Waals surface area contributed by atoms with Gasteiger partial charge < -0.3 is 0 Å². The van der Waals surface area contributed by atoms with Crippen LogP contribution in [0.3, 0.4) is 0 Å². The van der Waals surface area contributed by atoms with E-state index in [1.807, 2.05) is 0 Å². The number of alkyl halides is 3. The molecule has 92 valence electrons. The van der Waals surface area contributed by atoms with E-state index in [0.717, 1.165) is 31.4 Å². The Morgan fingerprint density at radius 3 is 2.18 bits per heavy atom. The van der Waals surface area contributed by atoms with Crippen molar-refractivity contribution in [3.8, 4) is 0 Å². The normalized spacial score (nSPS) is 16.6. The summed E-state index contributed by atoms with van der Waals surface area (Å²) < 4.78 is 36.9. The first kappa shape index (κ1) is 12.1. The van der Waals surface area contributed by atoms with Crippen LogP contribution in [0.25, 0.3) is 0 Å². The van der Waals surface area contributed by atoms with Crippen LogP contribution in [0.15, 0.2) is 24.3 Å². The Morgan fingerprint density at radius 1 is 1.18 bits per heavy atom. The number of carbonyl (C=O) groups is 1. The highest BCUT2D eigenvalue weighted by Crippen LogP contribution is 2.30. The van der Waals surface area contributed by atoms with E-state index in [4.69, 9.17) is 0 Å². The fraction of sp³-hybridized carbons (Fsp3) is 0.462. The van der Waals surface area contributed by atoms with Gasteiger partial charge in [-0.2, -0.15) is 13.2 Å². The van der Waals surface area contributed by atoms with Crippen LogP contribution in [0.5, 0.6) is 0 Å². The van der Waals surface area contributed by atoms with Gasteiger partial charge in [0, 0.05) is 12.3 Å². The van der Waals surface area contributed by atoms with Crippen LogP contribution < -0.4 is 0 Å². The molecule has 0 radical (unpaired) electrons. The third-order valence-corrected chi connectivity index (χ3v) is 3.22. The zero-order valence-electron chi connectivity index (χ0n) is 9.26. The van der Waals surface area contributed by atoms with Gasteiger partial charge in [0.25, 0.3) is 0 Å². The smallest absolute Gasteiger partial charge is 0.299 e. The Morgan fingerprint density at radius 2 is 1.76 bits per heavy atom. The highest BCUT2D eigenvalue weighted by molar-refractivity contribution is 5.83. The lowest BCUT2D eigenvalue weighted by atomic mass is 9.80. The molecule has 1 aromatic carbocycles. The molecule has 2 rings (SSSR count). The molecule has 1 nitrogen and oxygen atoms in total. The summed E-state index contributed by atoms with van der Waals surface area (Å²) in [5.74, 6) is 0.285. The summed E-state index contributed by atoms with van der Waals surface area (Å²) in [6, 6.07) is 4.84. The average Bonchev–Trinajstić information content (AvgIpc) is 2.13. The van der Waals surface area contributed by atoms with Crippen molar-refractivity contribution in [3.63, 3.8) is 0 Å². The quantitative estimate of drug-likeness (QED) is 0.791. The lowest BCUT2D eigenvalue weighted by Gasteiger charge is -2.23. The molecule has 0 amide bonds. The molecule has 0 saturated heterocycles. The summed E-state index contributed by atoms with van der Waals surface area (Å²) in [7, 11) is 0. The zero-order chi connectivity index (χ0) is 12.5. The number of rotatable bonds is 3. The minimum atomic E-state index is -4.31. The highest BCUT2D eigenvalue weighted by atomic mass is 19.4. The Labute approximate surface area is 97.6 Å². The first-order valence-electron chi connectivity index (χ1n) is 5.65. The number of ketones is 1. The zero-order valence-corrected chi connectivity index (χ0v) is 9.26. The number of carbonyl (C=O) groups excluding carboxylic acids is 1. The second kappa shape index (κ2) is 4.51. The van der Waals surface area contributed by atoms with Gasteiger partial charge in [0.1, 0.15) is 5.78 Å². The largest absolute Gasteiger partial charge is 0.416 e. The summed E-state index contributed by atoms with van der Waals surface area (Å²) in [5.41, 5.74) is -0.00718. The van der Waals surface area contributed by atoms with Crippen LogP contribution in [0.4, 0.5) is 13.2 Å². The minimum Gasteiger partial charge on any atom is -0.299 e. The predicted octanol–water partition coefficient (Wildman–Crippen LogP) is 3.62. The molecule has 0 aliphatic heterocycles. The van der Waals surface area contributed by atoms with Crippen molar-refractivity contribution in [2.45, 2.75) is 31.9 Å². The summed E-state index contributed by atoms with van der Waals surface area (Å²) in [5, 5.41) is 0. The van der Waals surface area contributed by atoms with E-state index in [0.29, 0.717) is 5.56 Å². The van der Waals surface area contributed by atoms with Crippen molar-refractivity contribution in [1.29, 1.82) is 0 Å². The summed E-state index contributed by atoms with van der Waals surface area (Å²) in [6.45, 7) is 0. The van der Waals surface area contributed by atoms with Crippen molar-refractivity contribution in [2.75, 3.05) is 0 Å². The Balaban J connectivity index is 2.00. The third kappa shape index (κ3) is 2.87. The molecule has 1 saturated carbocycles. The molecule has 0 aromatic heterocycles. The minimum absolute atomic E-state index is 0.136. The molecule has 1 aromatic rings. The molecule has 0 atom stereocenters. The molecule has 0 unspecified atom stereocenters. The van der Waals surface area contributed by atoms with Crippen LogP contribution in [0, 0.1) is 5.92 Å². The number of hydrogen-bond donors (Lipinski definition) is 0. The first-order valence-corrected chi connectivity index (χ1v) is 5.65. The topological polar surface area (TPSA) is 17.1 Å². The van der Waals surface area contributed by atoms with Crippen molar-refractivity contribution in [2.24, 2.45) is 5.92 Å². The van der Waals surface area contributed by atoms with E-state index in [1.165, 1.54) is 12.1 Å². The summed E-state index contributed by atoms with van der Waals surface area (Å²) in [4.78, 5) is 11.7. The molecule has 0 spiro atoms. The molecule has 17 heavy (non-hydrogen) atoms. The van der Waals surface area contributed by atoms with Crippen molar-refractivity contribution < 1.29 is 18.0 Å². The number of Topliss-reactive ketones (excluding diaryl/α,β-unsaturated/α-hetero) is 1. The van der Waals surface area contributed by atoms with Gasteiger partial charge in [-0.3, -0.25) is 4.79 Å². The lowest BCUT2D eigenvalue weighted by molar-refractivity contribution is -0.137. The fourth-order valence-electron chi connectivity index (χ4n) is 1.89. The lowest BCUT2D eigenvalue weighted by Crippen LogP contribution is -2.23. The standard InChI is InChI=1S/C13H13F3O/c14-13(15,16)11-6-4-9(5-7-11)8-12(17)10-2-1-3-10/h4-7,10H,1-3,8H2. The number of benzene rings is 1. The van der Waals surface area contributed by atoms with Crippen LogP contribution in [-0.4, -0.2) is 5.78 Å². The maximum atomic E-state index is 12.3. The molecule has 0 heterocycles. The number of halogens is 3. The molecular weight excluding hydrogens is 229 g/mol. The van der Waals surface area contributed by atoms with Crippen LogP contribution in [0.1, 0.15) is 30.4 Å². The van der Waals surface area contributed by atoms with Gasteiger partial charge in [-0.15, -0.1) is 0 Å². The van der Waals surface area contributed by atoms with Gasteiger partial charge in [-0.05, 0) is 30.5 Å². The van der Waals surface area contributed by atoms with Gasteiger partial charge in [0.15, 0.2) is 0 Å². The van der Waals surface area contributed by atoms with Crippen LogP contribution in [0.2, 0.25) is 0 Å². The summed E-state index contributed by atoms with van der Waals surface area (Å²) >= 11 is 0. The third-order valence-electron chi connectivity index (χ3n) is 3.22. The van der Waals surface area contributed by atoms with Crippen molar-refractivity contribution in [3.05, 3.63) is 35.4 Å². The average molecular weight is 242 g/mol. The van der Waals surface area contributed by atoms with Crippen molar-refractivity contribution in [1.82, 2.24) is 0 Å². The fourth-order valence-corrected chi connectivity index (χ4v) is 1.89. The molecule has 0 bridgehead atoms. The van der Waals surface area contributed by atoms with Crippen LogP contribution in [-0.2, 0) is 17.4 Å². The van der Waals surface area contributed by atoms with Crippen molar-refractivity contribution >= 4 is 5.78 Å². The second-order valence-corrected chi connectivity index (χ2v) is 4.47. The van der Waals surface area contributed by atoms with Crippen LogP contribution >= 0.6 is 0 Å². The van der Waals surface area contributed by atoms with E-state index >= 15 is 0 Å². The highest BCUT2D eigenvalue weighted by Gasteiger charge is 2.30. The van der Waals surface area contributed by atoms with Gasteiger partial charge in [-0.1, -0.05) is 18.6 Å². The Bertz CT molecular complexity index is 402. The monoisotopic (exact) mass is 242 g/mol. The summed E-state index contributed by atoms with van der Waals surface area (Å²) in [6.07, 6.45) is -1.11. The van der Waals surface area contributed by atoms with E-state index < -0.39 is 11.7 Å². The molecule has 0 N–H and O–H groups in total. The van der Waals surface area contributed by atoms with E-state index in [9.17, 15) is 18.0 Å². The van der Waals surface area contributed by atoms with E-state index in [-0.39, 0.29) is 18.1 Å². The van der Waals surface area contributed by atoms with Gasteiger partial charge in [0.05, 0.1) is 5.56 Å². The second-order valence-electron chi connectivity index (χ2n) is 4.47. The first-order chi connectivity index (χ1) is 7.97. The molecule has 4 heteroatoms. The molecule has 1 aliphatic carbocycles. The SMILES string of the molecule is O=C(Cc1ccc(C(F)(F)F)cc1)C1CCC1. The molecular formula is C13H13F3O. The predicted molar refractivity (Wildman–Crippen MR) is 57.5 cm³/mol. The maximum absolute atomic E-state index is 12.3. The Kier molecular flexibility index (Phi) is 3.22.